The molecule has 0 bridgehead atoms. The molecule has 0 fully saturated rings. The van der Waals surface area contributed by atoms with E-state index < -0.39 is 0 Å². The van der Waals surface area contributed by atoms with Crippen LogP contribution in [-0.2, 0) is 6.61 Å². The predicted molar refractivity (Wildman–Crippen MR) is 92.1 cm³/mol. The van der Waals surface area contributed by atoms with Crippen molar-refractivity contribution in [1.29, 1.82) is 10.5 Å². The fourth-order valence-electron chi connectivity index (χ4n) is 2.38. The Kier molecular flexibility index (Phi) is 4.56. The topological polar surface area (TPSA) is 56.8 Å². The average molecular weight is 310 g/mol. The molecular weight excluding hydrogens is 296 g/mol. The lowest BCUT2D eigenvalue weighted by Gasteiger charge is -2.08. The molecule has 0 radical (unpaired) electrons. The van der Waals surface area contributed by atoms with Gasteiger partial charge in [-0.15, -0.1) is 0 Å². The van der Waals surface area contributed by atoms with E-state index in [0.29, 0.717) is 17.7 Å². The molecule has 0 atom stereocenters. The molecule has 3 rings (SSSR count). The van der Waals surface area contributed by atoms with Crippen LogP contribution in [0.1, 0.15) is 16.7 Å². The zero-order valence-electron chi connectivity index (χ0n) is 12.9. The van der Waals surface area contributed by atoms with Crippen molar-refractivity contribution in [3.8, 4) is 29.0 Å². The summed E-state index contributed by atoms with van der Waals surface area (Å²) in [6, 6.07) is 26.9. The van der Waals surface area contributed by atoms with Gasteiger partial charge in [0.05, 0.1) is 23.3 Å². The van der Waals surface area contributed by atoms with Crippen LogP contribution in [0, 0.1) is 22.7 Å². The molecule has 3 nitrogen and oxygen atoms in total. The zero-order valence-corrected chi connectivity index (χ0v) is 12.9. The van der Waals surface area contributed by atoms with Gasteiger partial charge in [0.2, 0.25) is 0 Å². The average Bonchev–Trinajstić information content (AvgIpc) is 2.67. The maximum atomic E-state index is 8.91. The Morgan fingerprint density at radius 2 is 1.33 bits per heavy atom. The highest BCUT2D eigenvalue weighted by molar-refractivity contribution is 5.64. The Bertz CT molecular complexity index is 914. The van der Waals surface area contributed by atoms with E-state index in [-0.39, 0.29) is 0 Å². The minimum atomic E-state index is 0.422. The van der Waals surface area contributed by atoms with Gasteiger partial charge >= 0.3 is 0 Å². The summed E-state index contributed by atoms with van der Waals surface area (Å²) in [5.74, 6) is 0.773. The third-order valence-electron chi connectivity index (χ3n) is 3.66. The van der Waals surface area contributed by atoms with Crippen LogP contribution in [-0.4, -0.2) is 0 Å². The third-order valence-corrected chi connectivity index (χ3v) is 3.66. The van der Waals surface area contributed by atoms with E-state index in [1.807, 2.05) is 66.7 Å². The number of ether oxygens (including phenoxy) is 1. The molecule has 0 aliphatic carbocycles. The first-order valence-corrected chi connectivity index (χ1v) is 7.51. The van der Waals surface area contributed by atoms with Gasteiger partial charge in [0.25, 0.3) is 0 Å². The van der Waals surface area contributed by atoms with E-state index in [4.69, 9.17) is 15.3 Å². The molecular formula is C21H14N2O. The number of benzene rings is 3. The monoisotopic (exact) mass is 310 g/mol. The Hall–Kier alpha value is -3.56. The molecule has 0 N–H and O–H groups in total. The molecule has 0 amide bonds. The van der Waals surface area contributed by atoms with Crippen molar-refractivity contribution in [1.82, 2.24) is 0 Å². The summed E-state index contributed by atoms with van der Waals surface area (Å²) in [7, 11) is 0. The molecule has 0 saturated heterocycles. The van der Waals surface area contributed by atoms with Gasteiger partial charge in [0, 0.05) is 0 Å². The molecule has 0 spiro atoms. The van der Waals surface area contributed by atoms with Gasteiger partial charge < -0.3 is 4.74 Å². The molecule has 0 aliphatic heterocycles. The molecule has 0 unspecified atom stereocenters. The lowest BCUT2D eigenvalue weighted by Crippen LogP contribution is -1.95. The largest absolute Gasteiger partial charge is 0.489 e. The van der Waals surface area contributed by atoms with Crippen LogP contribution < -0.4 is 4.74 Å². The van der Waals surface area contributed by atoms with E-state index in [2.05, 4.69) is 12.1 Å². The Balaban J connectivity index is 1.68. The van der Waals surface area contributed by atoms with Gasteiger partial charge in [-0.1, -0.05) is 36.4 Å². The molecule has 3 aromatic carbocycles. The maximum Gasteiger partial charge on any atom is 0.119 e. The highest BCUT2D eigenvalue weighted by atomic mass is 16.5. The number of hydrogen-bond donors (Lipinski definition) is 0. The first-order chi connectivity index (χ1) is 11.8. The van der Waals surface area contributed by atoms with E-state index in [9.17, 15) is 0 Å². The van der Waals surface area contributed by atoms with Crippen LogP contribution in [0.4, 0.5) is 0 Å². The normalized spacial score (nSPS) is 9.75. The summed E-state index contributed by atoms with van der Waals surface area (Å²) in [5.41, 5.74) is 4.37. The quantitative estimate of drug-likeness (QED) is 0.703. The van der Waals surface area contributed by atoms with Gasteiger partial charge in [-0.25, -0.2) is 0 Å². The summed E-state index contributed by atoms with van der Waals surface area (Å²) < 4.78 is 5.77. The second-order valence-electron chi connectivity index (χ2n) is 5.31. The van der Waals surface area contributed by atoms with Crippen molar-refractivity contribution in [2.75, 3.05) is 0 Å². The van der Waals surface area contributed by atoms with Gasteiger partial charge in [0.15, 0.2) is 0 Å². The lowest BCUT2D eigenvalue weighted by molar-refractivity contribution is 0.306. The molecule has 3 aromatic rings. The summed E-state index contributed by atoms with van der Waals surface area (Å²) in [6.45, 7) is 0.422. The van der Waals surface area contributed by atoms with Crippen LogP contribution in [0.5, 0.6) is 5.75 Å². The SMILES string of the molecule is N#Cc1ccc(-c2ccc(OCc3cccc(C#N)c3)cc2)cc1. The van der Waals surface area contributed by atoms with Gasteiger partial charge in [-0.3, -0.25) is 0 Å². The molecule has 3 heteroatoms. The van der Waals surface area contributed by atoms with Crippen LogP contribution in [0.25, 0.3) is 11.1 Å². The van der Waals surface area contributed by atoms with Crippen molar-refractivity contribution in [3.05, 3.63) is 89.5 Å². The number of hydrogen-bond acceptors (Lipinski definition) is 3. The summed E-state index contributed by atoms with van der Waals surface area (Å²) >= 11 is 0. The van der Waals surface area contributed by atoms with Crippen LogP contribution in [0.2, 0.25) is 0 Å². The van der Waals surface area contributed by atoms with Gasteiger partial charge in [-0.05, 0) is 53.1 Å². The van der Waals surface area contributed by atoms with E-state index in [1.165, 1.54) is 0 Å². The van der Waals surface area contributed by atoms with Crippen LogP contribution in [0.15, 0.2) is 72.8 Å². The van der Waals surface area contributed by atoms with Crippen molar-refractivity contribution < 1.29 is 4.74 Å². The molecule has 24 heavy (non-hydrogen) atoms. The first-order valence-electron chi connectivity index (χ1n) is 7.51. The van der Waals surface area contributed by atoms with Crippen LogP contribution >= 0.6 is 0 Å². The smallest absolute Gasteiger partial charge is 0.119 e. The lowest BCUT2D eigenvalue weighted by atomic mass is 10.0. The second kappa shape index (κ2) is 7.13. The third kappa shape index (κ3) is 3.61. The predicted octanol–water partition coefficient (Wildman–Crippen LogP) is 4.68. The summed E-state index contributed by atoms with van der Waals surface area (Å²) in [4.78, 5) is 0. The fourth-order valence-corrected chi connectivity index (χ4v) is 2.38. The van der Waals surface area contributed by atoms with Crippen molar-refractivity contribution in [2.45, 2.75) is 6.61 Å². The van der Waals surface area contributed by atoms with Crippen molar-refractivity contribution in [3.63, 3.8) is 0 Å². The van der Waals surface area contributed by atoms with Gasteiger partial charge in [-0.2, -0.15) is 10.5 Å². The van der Waals surface area contributed by atoms with Crippen LogP contribution in [0.3, 0.4) is 0 Å². The summed E-state index contributed by atoms with van der Waals surface area (Å²) in [5, 5.41) is 17.7. The highest BCUT2D eigenvalue weighted by Crippen LogP contribution is 2.23. The molecule has 0 heterocycles. The minimum Gasteiger partial charge on any atom is -0.489 e. The van der Waals surface area contributed by atoms with E-state index in [0.717, 1.165) is 22.4 Å². The molecule has 0 aromatic heterocycles. The minimum absolute atomic E-state index is 0.422. The zero-order chi connectivity index (χ0) is 16.8. The second-order valence-corrected chi connectivity index (χ2v) is 5.31. The van der Waals surface area contributed by atoms with Gasteiger partial charge in [0.1, 0.15) is 12.4 Å². The Labute approximate surface area is 141 Å². The Morgan fingerprint density at radius 1 is 0.708 bits per heavy atom. The standard InChI is InChI=1S/C21H14N2O/c22-13-16-4-6-19(7-5-16)20-8-10-21(11-9-20)24-15-18-3-1-2-17(12-18)14-23/h1-12H,15H2. The highest BCUT2D eigenvalue weighted by Gasteiger charge is 2.01. The Morgan fingerprint density at radius 3 is 1.96 bits per heavy atom. The number of nitriles is 2. The van der Waals surface area contributed by atoms with E-state index in [1.54, 1.807) is 6.07 Å². The molecule has 0 aliphatic rings. The summed E-state index contributed by atoms with van der Waals surface area (Å²) in [6.07, 6.45) is 0. The van der Waals surface area contributed by atoms with Crippen molar-refractivity contribution >= 4 is 0 Å². The first kappa shape index (κ1) is 15.3. The number of rotatable bonds is 4. The number of nitrogens with zero attached hydrogens (tertiary/aromatic N) is 2. The fraction of sp³-hybridized carbons (Fsp3) is 0.0476. The van der Waals surface area contributed by atoms with E-state index >= 15 is 0 Å². The maximum absolute atomic E-state index is 8.91. The molecule has 114 valence electrons. The van der Waals surface area contributed by atoms with Crippen molar-refractivity contribution in [2.24, 2.45) is 0 Å². The molecule has 0 saturated carbocycles.